The Labute approximate surface area is 605 Å². The van der Waals surface area contributed by atoms with E-state index in [0.29, 0.717) is 34.9 Å². The fourth-order valence-corrected chi connectivity index (χ4v) is 16.9. The maximum absolute atomic E-state index is 6.45. The SMILES string of the molecule is CC1(C)c2ccccc2-c2ccc(-c3nc(-c4ccc5c(c4)oc4ccccc45)nc(-c4ccc5oc6cc7ccccc7cc6c5c4)n3)cc21.c1ccc(-c2cccc(-c3ccc(-c4nc(-c5ccc6c(c5)sc5ccccc56)nc(-c5cccc6oc7cc8ccccc8cc7c56)n4)cc3)c2)cc1. The molecule has 0 saturated heterocycles. The highest BCUT2D eigenvalue weighted by Crippen LogP contribution is 2.50. The third-order valence-electron chi connectivity index (χ3n) is 21.0. The van der Waals surface area contributed by atoms with Gasteiger partial charge in [0.25, 0.3) is 0 Å². The minimum Gasteiger partial charge on any atom is -0.456 e. The highest BCUT2D eigenvalue weighted by Gasteiger charge is 2.36. The number of para-hydroxylation sites is 1. The van der Waals surface area contributed by atoms with E-state index in [1.165, 1.54) is 58.9 Å². The topological polar surface area (TPSA) is 117 Å². The van der Waals surface area contributed by atoms with Crippen molar-refractivity contribution in [1.82, 2.24) is 29.9 Å². The molecule has 6 aromatic heterocycles. The van der Waals surface area contributed by atoms with E-state index < -0.39 is 0 Å². The maximum atomic E-state index is 6.45. The Morgan fingerprint density at radius 3 is 1.41 bits per heavy atom. The number of thiophene rings is 1. The highest BCUT2D eigenvalue weighted by molar-refractivity contribution is 7.25. The second-order valence-electron chi connectivity index (χ2n) is 27.7. The van der Waals surface area contributed by atoms with Crippen LogP contribution < -0.4 is 0 Å². The number of hydrogen-bond donors (Lipinski definition) is 0. The summed E-state index contributed by atoms with van der Waals surface area (Å²) in [6, 6.07) is 110. The predicted octanol–water partition coefficient (Wildman–Crippen LogP) is 25.8. The van der Waals surface area contributed by atoms with E-state index in [-0.39, 0.29) is 5.41 Å². The van der Waals surface area contributed by atoms with Gasteiger partial charge in [-0.15, -0.1) is 11.3 Å². The third kappa shape index (κ3) is 10.2. The molecule has 0 aliphatic heterocycles. The lowest BCUT2D eigenvalue weighted by atomic mass is 9.82. The molecule has 1 aliphatic rings. The molecule has 0 fully saturated rings. The molecule has 0 saturated carbocycles. The Morgan fingerprint density at radius 2 is 0.667 bits per heavy atom. The normalized spacial score (nSPS) is 12.6. The molecule has 15 aromatic carbocycles. The second kappa shape index (κ2) is 23.8. The summed E-state index contributed by atoms with van der Waals surface area (Å²) in [4.78, 5) is 31.0. The van der Waals surface area contributed by atoms with E-state index in [1.54, 1.807) is 11.3 Å². The zero-order chi connectivity index (χ0) is 69.4. The summed E-state index contributed by atoms with van der Waals surface area (Å²) in [6.07, 6.45) is 0. The molecule has 0 unspecified atom stereocenters. The van der Waals surface area contributed by atoms with Crippen LogP contribution in [0.3, 0.4) is 0 Å². The van der Waals surface area contributed by atoms with Crippen molar-refractivity contribution in [1.29, 1.82) is 0 Å². The highest BCUT2D eigenvalue weighted by atomic mass is 32.1. The minimum atomic E-state index is -0.148. The summed E-state index contributed by atoms with van der Waals surface area (Å²) in [5.41, 5.74) is 20.1. The molecule has 0 N–H and O–H groups in total. The first-order chi connectivity index (χ1) is 51.7. The van der Waals surface area contributed by atoms with Crippen LogP contribution in [-0.2, 0) is 5.41 Å². The first-order valence-corrected chi connectivity index (χ1v) is 36.1. The average Bonchev–Trinajstić information content (AvgIpc) is 1.88. The van der Waals surface area contributed by atoms with Crippen LogP contribution in [0, 0.1) is 0 Å². The fraction of sp³-hybridized carbons (Fsp3) is 0.0316. The van der Waals surface area contributed by atoms with Gasteiger partial charge in [0, 0.05) is 91.3 Å². The first kappa shape index (κ1) is 60.2. The van der Waals surface area contributed by atoms with Gasteiger partial charge in [0.1, 0.15) is 33.5 Å². The summed E-state index contributed by atoms with van der Waals surface area (Å²) in [7, 11) is 0. The number of furan rings is 3. The van der Waals surface area contributed by atoms with Crippen molar-refractivity contribution in [3.8, 4) is 102 Å². The Kier molecular flexibility index (Phi) is 13.6. The summed E-state index contributed by atoms with van der Waals surface area (Å²) in [6.45, 7) is 4.59. The zero-order valence-electron chi connectivity index (χ0n) is 56.8. The molecule has 0 radical (unpaired) electrons. The van der Waals surface area contributed by atoms with Gasteiger partial charge in [-0.2, -0.15) is 0 Å². The van der Waals surface area contributed by atoms with Gasteiger partial charge in [0.05, 0.1) is 0 Å². The average molecular weight is 1360 g/mol. The molecule has 0 bridgehead atoms. The van der Waals surface area contributed by atoms with Crippen molar-refractivity contribution >= 4 is 119 Å². The Hall–Kier alpha value is -13.5. The van der Waals surface area contributed by atoms with Gasteiger partial charge < -0.3 is 13.3 Å². The Balaban J connectivity index is 0.000000135. The monoisotopic (exact) mass is 1360 g/mol. The number of rotatable bonds is 8. The minimum absolute atomic E-state index is 0.148. The molecule has 0 atom stereocenters. The van der Waals surface area contributed by atoms with Crippen molar-refractivity contribution in [2.75, 3.05) is 0 Å². The van der Waals surface area contributed by atoms with Crippen LogP contribution >= 0.6 is 11.3 Å². The van der Waals surface area contributed by atoms with Gasteiger partial charge in [-0.1, -0.05) is 238 Å². The lowest BCUT2D eigenvalue weighted by Gasteiger charge is -2.21. The zero-order valence-corrected chi connectivity index (χ0v) is 57.7. The molecule has 22 rings (SSSR count). The maximum Gasteiger partial charge on any atom is 0.164 e. The molecule has 21 aromatic rings. The number of hydrogen-bond acceptors (Lipinski definition) is 10. The quantitative estimate of drug-likeness (QED) is 0.147. The van der Waals surface area contributed by atoms with E-state index in [1.807, 2.05) is 54.6 Å². The smallest absolute Gasteiger partial charge is 0.164 e. The number of aromatic nitrogens is 6. The van der Waals surface area contributed by atoms with Crippen molar-refractivity contribution < 1.29 is 13.3 Å². The van der Waals surface area contributed by atoms with Crippen molar-refractivity contribution in [3.63, 3.8) is 0 Å². The number of benzene rings is 15. The molecule has 492 valence electrons. The van der Waals surface area contributed by atoms with E-state index >= 15 is 0 Å². The third-order valence-corrected chi connectivity index (χ3v) is 22.2. The molecule has 9 nitrogen and oxygen atoms in total. The van der Waals surface area contributed by atoms with Gasteiger partial charge in [-0.05, 0) is 157 Å². The molecule has 1 aliphatic carbocycles. The fourth-order valence-electron chi connectivity index (χ4n) is 15.7. The summed E-state index contributed by atoms with van der Waals surface area (Å²) in [5, 5.41) is 13.4. The summed E-state index contributed by atoms with van der Waals surface area (Å²) in [5.74, 6) is 3.66. The van der Waals surface area contributed by atoms with Crippen LogP contribution in [0.5, 0.6) is 0 Å². The van der Waals surface area contributed by atoms with Gasteiger partial charge in [0.2, 0.25) is 0 Å². The number of nitrogens with zero attached hydrogens (tertiary/aromatic N) is 6. The van der Waals surface area contributed by atoms with Gasteiger partial charge in [-0.25, -0.2) is 29.9 Å². The van der Waals surface area contributed by atoms with Crippen molar-refractivity contribution in [2.24, 2.45) is 0 Å². The molecule has 6 heterocycles. The Morgan fingerprint density at radius 1 is 0.229 bits per heavy atom. The molecule has 105 heavy (non-hydrogen) atoms. The van der Waals surface area contributed by atoms with Crippen LogP contribution in [0.2, 0.25) is 0 Å². The molecular weight excluding hydrogens is 1310 g/mol. The van der Waals surface area contributed by atoms with Gasteiger partial charge in [0.15, 0.2) is 34.9 Å². The van der Waals surface area contributed by atoms with Crippen molar-refractivity contribution in [2.45, 2.75) is 19.3 Å². The van der Waals surface area contributed by atoms with Crippen LogP contribution in [0.15, 0.2) is 329 Å². The van der Waals surface area contributed by atoms with E-state index in [4.69, 9.17) is 43.2 Å². The summed E-state index contributed by atoms with van der Waals surface area (Å²) < 4.78 is 21.5. The molecule has 10 heteroatoms. The van der Waals surface area contributed by atoms with Crippen LogP contribution in [0.1, 0.15) is 25.0 Å². The Bertz CT molecular complexity index is 7150. The van der Waals surface area contributed by atoms with E-state index in [0.717, 1.165) is 126 Å². The standard InChI is InChI=1S/C49H29N3OS.C46H29N3O2/c1-2-10-30(11-3-1)33-14-8-15-34(26-33)31-20-22-32(23-21-31)47-50-48(37-24-25-39-38-16-6-7-19-44(38)54-45(39)29-37)52-49(51-47)40-17-9-18-42-46(40)41-27-35-12-4-5-13-36(35)28-43(41)53-42;1-46(2)37-13-7-5-11-31(37)32-18-15-29(23-38(32)46)44-47-43(48-45(49-44)30-16-19-34-33-12-6-8-14-39(33)50-41(34)25-30)28-17-20-40-35(22-28)36-21-26-9-3-4-10-27(26)24-42(36)51-40/h1-29H;3-25H,1-2H3. The van der Waals surface area contributed by atoms with Crippen LogP contribution in [-0.4, -0.2) is 29.9 Å². The lowest BCUT2D eigenvalue weighted by molar-refractivity contribution is 0.660. The molecular formula is C95H58N6O3S. The van der Waals surface area contributed by atoms with Crippen LogP contribution in [0.25, 0.3) is 209 Å². The number of fused-ring (bicyclic) bond motifs is 17. The van der Waals surface area contributed by atoms with Crippen LogP contribution in [0.4, 0.5) is 0 Å². The van der Waals surface area contributed by atoms with Crippen molar-refractivity contribution in [3.05, 3.63) is 327 Å². The molecule has 0 amide bonds. The van der Waals surface area contributed by atoms with Gasteiger partial charge in [-0.3, -0.25) is 0 Å². The van der Waals surface area contributed by atoms with E-state index in [2.05, 4.69) is 275 Å². The first-order valence-electron chi connectivity index (χ1n) is 35.3. The largest absolute Gasteiger partial charge is 0.456 e. The summed E-state index contributed by atoms with van der Waals surface area (Å²) >= 11 is 1.79. The predicted molar refractivity (Wildman–Crippen MR) is 430 cm³/mol. The second-order valence-corrected chi connectivity index (χ2v) is 28.8. The lowest BCUT2D eigenvalue weighted by Crippen LogP contribution is -2.15. The van der Waals surface area contributed by atoms with Gasteiger partial charge >= 0.3 is 0 Å². The van der Waals surface area contributed by atoms with E-state index in [9.17, 15) is 0 Å². The molecule has 0 spiro atoms.